The van der Waals surface area contributed by atoms with E-state index in [1.165, 1.54) is 23.9 Å². The summed E-state index contributed by atoms with van der Waals surface area (Å²) in [4.78, 5) is 16.0. The Bertz CT molecular complexity index is 1190. The van der Waals surface area contributed by atoms with Crippen molar-refractivity contribution < 1.29 is 0 Å². The summed E-state index contributed by atoms with van der Waals surface area (Å²) in [6.07, 6.45) is 6.61. The van der Waals surface area contributed by atoms with Crippen LogP contribution >= 0.6 is 11.3 Å². The molecule has 0 radical (unpaired) electrons. The lowest BCUT2D eigenvalue weighted by atomic mass is 9.90. The zero-order valence-electron chi connectivity index (χ0n) is 22.0. The molecule has 2 aromatic heterocycles. The zero-order valence-corrected chi connectivity index (χ0v) is 22.8. The molecule has 3 saturated heterocycles. The van der Waals surface area contributed by atoms with Crippen molar-refractivity contribution in [2.24, 2.45) is 11.8 Å². The number of pyridine rings is 1. The summed E-state index contributed by atoms with van der Waals surface area (Å²) in [7, 11) is 0. The molecule has 2 N–H and O–H groups in total. The maximum absolute atomic E-state index is 5.14. The Morgan fingerprint density at radius 2 is 2.00 bits per heavy atom. The van der Waals surface area contributed by atoms with E-state index in [2.05, 4.69) is 58.2 Å². The van der Waals surface area contributed by atoms with Gasteiger partial charge in [-0.15, -0.1) is 0 Å². The molecule has 7 heteroatoms. The van der Waals surface area contributed by atoms with E-state index < -0.39 is 0 Å². The number of thiazole rings is 1. The zero-order chi connectivity index (χ0) is 25.1. The number of nitrogens with zero attached hydrogens (tertiary/aromatic N) is 4. The minimum Gasteiger partial charge on any atom is -0.370 e. The van der Waals surface area contributed by atoms with Crippen molar-refractivity contribution in [1.82, 2.24) is 15.3 Å². The first-order valence-corrected chi connectivity index (χ1v) is 14.6. The lowest BCUT2D eigenvalue weighted by Gasteiger charge is -2.30. The van der Waals surface area contributed by atoms with E-state index >= 15 is 0 Å². The van der Waals surface area contributed by atoms with Gasteiger partial charge in [-0.05, 0) is 68.5 Å². The van der Waals surface area contributed by atoms with Crippen LogP contribution in [0.25, 0.3) is 21.5 Å². The first kappa shape index (κ1) is 25.0. The number of allylic oxidation sites excluding steroid dienone is 1. The predicted molar refractivity (Wildman–Crippen MR) is 155 cm³/mol. The van der Waals surface area contributed by atoms with Crippen molar-refractivity contribution in [2.75, 3.05) is 54.4 Å². The van der Waals surface area contributed by atoms with Crippen molar-refractivity contribution in [1.29, 1.82) is 0 Å². The molecule has 6 rings (SSSR count). The Hall–Kier alpha value is -2.64. The summed E-state index contributed by atoms with van der Waals surface area (Å²) in [6, 6.07) is 8.91. The molecule has 1 aromatic carbocycles. The summed E-state index contributed by atoms with van der Waals surface area (Å²) in [6.45, 7) is 17.1. The summed E-state index contributed by atoms with van der Waals surface area (Å²) in [5, 5.41) is 9.43. The summed E-state index contributed by atoms with van der Waals surface area (Å²) in [5.41, 5.74) is 5.49. The maximum Gasteiger partial charge on any atom is 0.185 e. The number of anilines is 3. The summed E-state index contributed by atoms with van der Waals surface area (Å²) < 4.78 is 0. The number of piperidine rings is 1. The van der Waals surface area contributed by atoms with Crippen LogP contribution in [0, 0.1) is 11.8 Å². The predicted octanol–water partition coefficient (Wildman–Crippen LogP) is 6.37. The van der Waals surface area contributed by atoms with Gasteiger partial charge in [0.2, 0.25) is 0 Å². The molecule has 0 saturated carbocycles. The minimum atomic E-state index is 0.736. The van der Waals surface area contributed by atoms with Crippen LogP contribution in [-0.4, -0.2) is 49.2 Å². The number of nitrogens with one attached hydrogen (secondary N) is 2. The smallest absolute Gasteiger partial charge is 0.185 e. The normalized spacial score (nSPS) is 21.0. The van der Waals surface area contributed by atoms with Crippen LogP contribution in [0.3, 0.4) is 0 Å². The molecule has 192 valence electrons. The number of hydrogen-bond acceptors (Lipinski definition) is 7. The van der Waals surface area contributed by atoms with Gasteiger partial charge in [0.15, 0.2) is 5.13 Å². The molecule has 2 atom stereocenters. The fourth-order valence-electron chi connectivity index (χ4n) is 5.55. The first-order valence-electron chi connectivity index (χ1n) is 13.7. The fourth-order valence-corrected chi connectivity index (χ4v) is 6.48. The molecule has 0 spiro atoms. The van der Waals surface area contributed by atoms with Gasteiger partial charge >= 0.3 is 0 Å². The van der Waals surface area contributed by atoms with Gasteiger partial charge in [-0.3, -0.25) is 0 Å². The SMILES string of the molecule is C=C(CCC)Nc1ccc2c(N3CC4CCNCC4C3)cc(-c3cnc(N4CCC4)s3)nc2c1.CC. The number of aromatic nitrogens is 2. The van der Waals surface area contributed by atoms with Crippen LogP contribution in [0.15, 0.2) is 42.7 Å². The lowest BCUT2D eigenvalue weighted by Crippen LogP contribution is -2.36. The topological polar surface area (TPSA) is 56.3 Å². The minimum absolute atomic E-state index is 0.736. The van der Waals surface area contributed by atoms with Crippen molar-refractivity contribution in [2.45, 2.75) is 46.5 Å². The van der Waals surface area contributed by atoms with Crippen LogP contribution in [0.2, 0.25) is 0 Å². The molecule has 3 aromatic rings. The number of fused-ring (bicyclic) bond motifs is 2. The number of hydrogen-bond donors (Lipinski definition) is 2. The van der Waals surface area contributed by atoms with E-state index in [1.54, 1.807) is 11.3 Å². The van der Waals surface area contributed by atoms with Gasteiger partial charge in [-0.1, -0.05) is 45.1 Å². The quantitative estimate of drug-likeness (QED) is 0.390. The molecular formula is C29H40N6S. The molecule has 3 aliphatic rings. The number of rotatable bonds is 7. The fraction of sp³-hybridized carbons (Fsp3) is 0.517. The molecule has 0 bridgehead atoms. The second-order valence-corrected chi connectivity index (χ2v) is 11.0. The van der Waals surface area contributed by atoms with Gasteiger partial charge in [-0.2, -0.15) is 0 Å². The molecule has 0 amide bonds. The van der Waals surface area contributed by atoms with Crippen molar-refractivity contribution in [3.63, 3.8) is 0 Å². The van der Waals surface area contributed by atoms with E-state index in [0.29, 0.717) is 0 Å². The molecule has 5 heterocycles. The molecular weight excluding hydrogens is 464 g/mol. The van der Waals surface area contributed by atoms with Crippen molar-refractivity contribution >= 4 is 38.7 Å². The Balaban J connectivity index is 0.00000130. The molecule has 6 nitrogen and oxygen atoms in total. The van der Waals surface area contributed by atoms with E-state index in [0.717, 1.165) is 96.5 Å². The molecule has 3 aliphatic heterocycles. The summed E-state index contributed by atoms with van der Waals surface area (Å²) in [5.74, 6) is 1.52. The number of benzene rings is 1. The van der Waals surface area contributed by atoms with Crippen LogP contribution in [0.5, 0.6) is 0 Å². The van der Waals surface area contributed by atoms with Gasteiger partial charge in [0.1, 0.15) is 0 Å². The maximum atomic E-state index is 5.14. The van der Waals surface area contributed by atoms with Crippen LogP contribution in [-0.2, 0) is 0 Å². The van der Waals surface area contributed by atoms with Crippen molar-refractivity contribution in [3.8, 4) is 10.6 Å². The van der Waals surface area contributed by atoms with E-state index in [9.17, 15) is 0 Å². The highest BCUT2D eigenvalue weighted by atomic mass is 32.1. The lowest BCUT2D eigenvalue weighted by molar-refractivity contribution is 0.318. The van der Waals surface area contributed by atoms with Crippen molar-refractivity contribution in [3.05, 3.63) is 42.7 Å². The third kappa shape index (κ3) is 5.09. The Kier molecular flexibility index (Phi) is 7.77. The van der Waals surface area contributed by atoms with Crippen LogP contribution in [0.1, 0.15) is 46.5 Å². The molecule has 3 fully saturated rings. The van der Waals surface area contributed by atoms with Gasteiger partial charge in [0.25, 0.3) is 0 Å². The van der Waals surface area contributed by atoms with Crippen LogP contribution < -0.4 is 20.4 Å². The molecule has 0 aliphatic carbocycles. The second-order valence-electron chi connectivity index (χ2n) is 10.0. The highest BCUT2D eigenvalue weighted by Gasteiger charge is 2.35. The standard InChI is InChI=1S/C27H34N6S.C2H6/c1-3-5-18(2)30-21-6-7-22-23(12-21)31-24(26-15-29-27(34-26)32-10-4-11-32)13-25(22)33-16-19-8-9-28-14-20(19)17-33;1-2/h6-7,12-13,15,19-20,28,30H,2-5,8-11,14,16-17H2,1H3;1-2H3. The van der Waals surface area contributed by atoms with Gasteiger partial charge in [0, 0.05) is 54.8 Å². The Morgan fingerprint density at radius 3 is 2.75 bits per heavy atom. The molecule has 36 heavy (non-hydrogen) atoms. The average Bonchev–Trinajstić information content (AvgIpc) is 3.51. The largest absolute Gasteiger partial charge is 0.370 e. The molecule has 2 unspecified atom stereocenters. The highest BCUT2D eigenvalue weighted by Crippen LogP contribution is 2.40. The van der Waals surface area contributed by atoms with E-state index in [4.69, 9.17) is 9.97 Å². The Labute approximate surface area is 219 Å². The van der Waals surface area contributed by atoms with E-state index in [-0.39, 0.29) is 0 Å². The van der Waals surface area contributed by atoms with E-state index in [1.807, 2.05) is 20.0 Å². The summed E-state index contributed by atoms with van der Waals surface area (Å²) >= 11 is 1.77. The average molecular weight is 505 g/mol. The third-order valence-corrected chi connectivity index (χ3v) is 8.63. The van der Waals surface area contributed by atoms with Crippen LogP contribution in [0.4, 0.5) is 16.5 Å². The van der Waals surface area contributed by atoms with Gasteiger partial charge in [-0.25, -0.2) is 9.97 Å². The Morgan fingerprint density at radius 1 is 1.17 bits per heavy atom. The van der Waals surface area contributed by atoms with Gasteiger partial charge < -0.3 is 20.4 Å². The first-order chi connectivity index (χ1) is 17.7. The highest BCUT2D eigenvalue weighted by molar-refractivity contribution is 7.18. The second kappa shape index (κ2) is 11.2. The third-order valence-electron chi connectivity index (χ3n) is 7.55. The monoisotopic (exact) mass is 504 g/mol. The van der Waals surface area contributed by atoms with Gasteiger partial charge in [0.05, 0.1) is 16.1 Å².